The van der Waals surface area contributed by atoms with Crippen molar-refractivity contribution >= 4 is 5.91 Å². The van der Waals surface area contributed by atoms with Crippen molar-refractivity contribution in [3.63, 3.8) is 0 Å². The lowest BCUT2D eigenvalue weighted by atomic mass is 10.0. The van der Waals surface area contributed by atoms with Crippen LogP contribution in [0.2, 0.25) is 0 Å². The Labute approximate surface area is 122 Å². The van der Waals surface area contributed by atoms with Gasteiger partial charge in [-0.1, -0.05) is 31.2 Å². The predicted molar refractivity (Wildman–Crippen MR) is 82.8 cm³/mol. The van der Waals surface area contributed by atoms with Crippen molar-refractivity contribution in [1.29, 1.82) is 0 Å². The van der Waals surface area contributed by atoms with E-state index in [0.29, 0.717) is 12.3 Å². The van der Waals surface area contributed by atoms with Crippen molar-refractivity contribution in [3.05, 3.63) is 35.4 Å². The molecule has 0 aromatic heterocycles. The average molecular weight is 274 g/mol. The Bertz CT molecular complexity index is 406. The molecule has 1 aliphatic heterocycles. The van der Waals surface area contributed by atoms with Gasteiger partial charge in [-0.3, -0.25) is 4.79 Å². The van der Waals surface area contributed by atoms with Gasteiger partial charge in [-0.25, -0.2) is 0 Å². The molecule has 0 atom stereocenters. The fraction of sp³-hybridized carbons (Fsp3) is 0.588. The molecule has 1 saturated heterocycles. The van der Waals surface area contributed by atoms with Crippen LogP contribution in [-0.2, 0) is 17.6 Å². The molecule has 1 aliphatic rings. The molecular formula is C17H26N2O. The van der Waals surface area contributed by atoms with Crippen LogP contribution in [0.1, 0.15) is 37.3 Å². The molecule has 1 fully saturated rings. The molecule has 110 valence electrons. The van der Waals surface area contributed by atoms with Crippen molar-refractivity contribution in [2.75, 3.05) is 26.2 Å². The Morgan fingerprint density at radius 3 is 2.65 bits per heavy atom. The zero-order valence-corrected chi connectivity index (χ0v) is 12.5. The Hall–Kier alpha value is -1.35. The number of carbonyl (C=O) groups excluding carboxylic acids is 1. The maximum atomic E-state index is 12.1. The molecule has 0 aliphatic carbocycles. The molecule has 0 radical (unpaired) electrons. The van der Waals surface area contributed by atoms with Crippen LogP contribution in [0.15, 0.2) is 24.3 Å². The number of nitrogens with zero attached hydrogens (tertiary/aromatic N) is 1. The van der Waals surface area contributed by atoms with Gasteiger partial charge in [0.25, 0.3) is 0 Å². The van der Waals surface area contributed by atoms with E-state index in [2.05, 4.69) is 36.5 Å². The average Bonchev–Trinajstić information content (AvgIpc) is 2.77. The summed E-state index contributed by atoms with van der Waals surface area (Å²) < 4.78 is 0. The minimum atomic E-state index is 0.318. The van der Waals surface area contributed by atoms with Crippen LogP contribution < -0.4 is 5.32 Å². The number of nitrogens with one attached hydrogen (secondary N) is 1. The lowest BCUT2D eigenvalue weighted by molar-refractivity contribution is -0.131. The first-order chi connectivity index (χ1) is 9.79. The Balaban J connectivity index is 1.72. The number of rotatable bonds is 5. The van der Waals surface area contributed by atoms with Crippen molar-refractivity contribution in [2.24, 2.45) is 0 Å². The van der Waals surface area contributed by atoms with E-state index in [0.717, 1.165) is 51.9 Å². The minimum Gasteiger partial charge on any atom is -0.341 e. The van der Waals surface area contributed by atoms with Crippen molar-refractivity contribution in [2.45, 2.75) is 39.0 Å². The number of hydrogen-bond acceptors (Lipinski definition) is 2. The zero-order valence-electron chi connectivity index (χ0n) is 12.5. The Morgan fingerprint density at radius 1 is 1.15 bits per heavy atom. The molecule has 3 nitrogen and oxygen atoms in total. The topological polar surface area (TPSA) is 32.3 Å². The lowest BCUT2D eigenvalue weighted by Gasteiger charge is -2.19. The summed E-state index contributed by atoms with van der Waals surface area (Å²) in [5.41, 5.74) is 2.72. The minimum absolute atomic E-state index is 0.318. The van der Waals surface area contributed by atoms with Gasteiger partial charge in [0.2, 0.25) is 5.91 Å². The van der Waals surface area contributed by atoms with Gasteiger partial charge in [0.15, 0.2) is 0 Å². The van der Waals surface area contributed by atoms with Crippen molar-refractivity contribution in [3.8, 4) is 0 Å². The normalized spacial score (nSPS) is 15.9. The van der Waals surface area contributed by atoms with E-state index >= 15 is 0 Å². The molecule has 2 rings (SSSR count). The first kappa shape index (κ1) is 15.0. The van der Waals surface area contributed by atoms with Gasteiger partial charge < -0.3 is 10.2 Å². The van der Waals surface area contributed by atoms with E-state index in [1.54, 1.807) is 0 Å². The predicted octanol–water partition coefficient (Wildman–Crippen LogP) is 2.39. The van der Waals surface area contributed by atoms with Gasteiger partial charge >= 0.3 is 0 Å². The van der Waals surface area contributed by atoms with E-state index in [-0.39, 0.29) is 0 Å². The van der Waals surface area contributed by atoms with E-state index < -0.39 is 0 Å². The highest BCUT2D eigenvalue weighted by molar-refractivity contribution is 5.76. The summed E-state index contributed by atoms with van der Waals surface area (Å²) in [5.74, 6) is 0.318. The molecule has 0 spiro atoms. The largest absolute Gasteiger partial charge is 0.341 e. The summed E-state index contributed by atoms with van der Waals surface area (Å²) in [6.45, 7) is 5.92. The van der Waals surface area contributed by atoms with Gasteiger partial charge in [-0.05, 0) is 43.4 Å². The van der Waals surface area contributed by atoms with E-state index in [4.69, 9.17) is 0 Å². The van der Waals surface area contributed by atoms with Gasteiger partial charge in [0.1, 0.15) is 0 Å². The molecule has 1 heterocycles. The summed E-state index contributed by atoms with van der Waals surface area (Å²) in [7, 11) is 0. The molecule has 0 bridgehead atoms. The van der Waals surface area contributed by atoms with Crippen LogP contribution in [0.5, 0.6) is 0 Å². The van der Waals surface area contributed by atoms with Gasteiger partial charge in [0, 0.05) is 26.1 Å². The molecule has 1 aromatic rings. The second-order valence-corrected chi connectivity index (χ2v) is 5.51. The molecule has 1 amide bonds. The highest BCUT2D eigenvalue weighted by Crippen LogP contribution is 2.10. The molecule has 0 saturated carbocycles. The number of hydrogen-bond donors (Lipinski definition) is 1. The first-order valence-electron chi connectivity index (χ1n) is 7.86. The highest BCUT2D eigenvalue weighted by atomic mass is 16.2. The highest BCUT2D eigenvalue weighted by Gasteiger charge is 2.14. The van der Waals surface area contributed by atoms with Crippen molar-refractivity contribution < 1.29 is 4.79 Å². The van der Waals surface area contributed by atoms with Gasteiger partial charge in [0.05, 0.1) is 0 Å². The van der Waals surface area contributed by atoms with Crippen LogP contribution in [0.3, 0.4) is 0 Å². The quantitative estimate of drug-likeness (QED) is 0.894. The summed E-state index contributed by atoms with van der Waals surface area (Å²) in [6, 6.07) is 8.77. The van der Waals surface area contributed by atoms with Crippen LogP contribution in [0.4, 0.5) is 0 Å². The first-order valence-corrected chi connectivity index (χ1v) is 7.86. The number of amides is 1. The third kappa shape index (κ3) is 4.64. The molecule has 3 heteroatoms. The number of benzene rings is 1. The van der Waals surface area contributed by atoms with Crippen LogP contribution in [0.25, 0.3) is 0 Å². The van der Waals surface area contributed by atoms with Crippen LogP contribution >= 0.6 is 0 Å². The number of carbonyl (C=O) groups is 1. The number of aryl methyl sites for hydroxylation is 2. The maximum Gasteiger partial charge on any atom is 0.222 e. The molecule has 20 heavy (non-hydrogen) atoms. The second kappa shape index (κ2) is 8.05. The lowest BCUT2D eigenvalue weighted by Crippen LogP contribution is -2.34. The van der Waals surface area contributed by atoms with E-state index in [9.17, 15) is 4.79 Å². The standard InChI is InChI=1S/C17H26N2O/c1-2-15-7-9-16(10-8-15)5-3-6-17(20)19-13-4-11-18-12-14-19/h7-10,18H,2-6,11-14H2,1H3. The maximum absolute atomic E-state index is 12.1. The fourth-order valence-corrected chi connectivity index (χ4v) is 2.64. The van der Waals surface area contributed by atoms with Crippen LogP contribution in [0, 0.1) is 0 Å². The van der Waals surface area contributed by atoms with Gasteiger partial charge in [-0.15, -0.1) is 0 Å². The molecular weight excluding hydrogens is 248 g/mol. The summed E-state index contributed by atoms with van der Waals surface area (Å²) in [5, 5.41) is 3.33. The molecule has 0 unspecified atom stereocenters. The third-order valence-electron chi connectivity index (χ3n) is 3.98. The van der Waals surface area contributed by atoms with Gasteiger partial charge in [-0.2, -0.15) is 0 Å². The summed E-state index contributed by atoms with van der Waals surface area (Å²) in [6.07, 6.45) is 4.79. The Morgan fingerprint density at radius 2 is 1.90 bits per heavy atom. The molecule has 1 aromatic carbocycles. The SMILES string of the molecule is CCc1ccc(CCCC(=O)N2CCCNCC2)cc1. The summed E-state index contributed by atoms with van der Waals surface area (Å²) >= 11 is 0. The smallest absolute Gasteiger partial charge is 0.222 e. The van der Waals surface area contributed by atoms with Crippen molar-refractivity contribution in [1.82, 2.24) is 10.2 Å². The second-order valence-electron chi connectivity index (χ2n) is 5.51. The van der Waals surface area contributed by atoms with Crippen LogP contribution in [-0.4, -0.2) is 37.0 Å². The van der Waals surface area contributed by atoms with E-state index in [1.807, 2.05) is 4.90 Å². The molecule has 1 N–H and O–H groups in total. The van der Waals surface area contributed by atoms with E-state index in [1.165, 1.54) is 11.1 Å². The summed E-state index contributed by atoms with van der Waals surface area (Å²) in [4.78, 5) is 14.2. The third-order valence-corrected chi connectivity index (χ3v) is 3.98. The Kier molecular flexibility index (Phi) is 6.06. The zero-order chi connectivity index (χ0) is 14.2. The monoisotopic (exact) mass is 274 g/mol. The fourth-order valence-electron chi connectivity index (χ4n) is 2.64.